The van der Waals surface area contributed by atoms with E-state index in [1.165, 1.54) is 85.8 Å². The van der Waals surface area contributed by atoms with Crippen molar-refractivity contribution in [1.29, 1.82) is 0 Å². The second-order valence-electron chi connectivity index (χ2n) is 11.0. The van der Waals surface area contributed by atoms with Crippen molar-refractivity contribution in [1.82, 2.24) is 4.40 Å². The van der Waals surface area contributed by atoms with Crippen molar-refractivity contribution in [2.75, 3.05) is 0 Å². The first-order chi connectivity index (χ1) is 16.1. The number of nitrogens with zero attached hydrogens (tertiary/aromatic N) is 2. The van der Waals surface area contributed by atoms with E-state index in [4.69, 9.17) is 0 Å². The Balaban J connectivity index is 1.65. The number of aryl methyl sites for hydroxylation is 3. The van der Waals surface area contributed by atoms with Gasteiger partial charge >= 0.3 is 0 Å². The number of hydrogen-bond donors (Lipinski definition) is 0. The molecule has 0 amide bonds. The average molecular weight is 430 g/mol. The largest absolute Gasteiger partial charge is 0.307 e. The minimum absolute atomic E-state index is 0.736. The molecule has 2 nitrogen and oxygen atoms in total. The van der Waals surface area contributed by atoms with E-state index >= 15 is 0 Å². The summed E-state index contributed by atoms with van der Waals surface area (Å²) in [6.07, 6.45) is 7.99. The third-order valence-electron chi connectivity index (χ3n) is 9.21. The molecule has 0 radical (unpaired) electrons. The van der Waals surface area contributed by atoms with Crippen LogP contribution in [0.3, 0.4) is 0 Å². The van der Waals surface area contributed by atoms with Gasteiger partial charge in [-0.2, -0.15) is 0 Å². The summed E-state index contributed by atoms with van der Waals surface area (Å²) in [4.78, 5) is 0. The topological polar surface area (TPSA) is 8.29 Å². The molecule has 0 aliphatic heterocycles. The standard InChI is InChI=1S/C31H29N2/c1-17-12-18(2)28-30-29-21(10-11-32(30)3)15-22(24-14-19-8-9-20(24)13-19)16-26(29)33-25-7-5-4-6-23(25)27(17)31(28)33/h4-7,10-12,15-16,19-20,24H,8-9,13-14H2,1-3H3/q+1. The summed E-state index contributed by atoms with van der Waals surface area (Å²) in [5.74, 6) is 2.59. The molecule has 2 fully saturated rings. The van der Waals surface area contributed by atoms with Gasteiger partial charge in [0.15, 0.2) is 6.20 Å². The molecule has 6 aromatic rings. The monoisotopic (exact) mass is 429 g/mol. The third kappa shape index (κ3) is 2.18. The van der Waals surface area contributed by atoms with Crippen molar-refractivity contribution < 1.29 is 4.57 Å². The van der Waals surface area contributed by atoms with Crippen LogP contribution in [0.2, 0.25) is 0 Å². The Bertz CT molecular complexity index is 1770. The predicted molar refractivity (Wildman–Crippen MR) is 137 cm³/mol. The van der Waals surface area contributed by atoms with Crippen LogP contribution >= 0.6 is 0 Å². The molecule has 2 bridgehead atoms. The molecule has 2 aliphatic carbocycles. The highest BCUT2D eigenvalue weighted by Crippen LogP contribution is 2.53. The fraction of sp³-hybridized carbons (Fsp3) is 0.323. The van der Waals surface area contributed by atoms with Crippen LogP contribution in [-0.2, 0) is 7.05 Å². The Kier molecular flexibility index (Phi) is 3.36. The highest BCUT2D eigenvalue weighted by atomic mass is 15.0. The summed E-state index contributed by atoms with van der Waals surface area (Å²) in [5, 5.41) is 7.00. The van der Waals surface area contributed by atoms with Gasteiger partial charge in [-0.3, -0.25) is 0 Å². The van der Waals surface area contributed by atoms with E-state index in [-0.39, 0.29) is 0 Å². The fourth-order valence-corrected chi connectivity index (χ4v) is 7.93. The van der Waals surface area contributed by atoms with Crippen LogP contribution in [-0.4, -0.2) is 4.40 Å². The number of fused-ring (bicyclic) bond motifs is 7. The molecule has 2 heteroatoms. The molecule has 3 atom stereocenters. The number of rotatable bonds is 1. The van der Waals surface area contributed by atoms with Gasteiger partial charge in [0, 0.05) is 16.8 Å². The van der Waals surface area contributed by atoms with Crippen molar-refractivity contribution in [3.63, 3.8) is 0 Å². The quantitative estimate of drug-likeness (QED) is 0.147. The highest BCUT2D eigenvalue weighted by molar-refractivity contribution is 6.26. The van der Waals surface area contributed by atoms with Crippen molar-refractivity contribution >= 4 is 49.0 Å². The number of para-hydroxylation sites is 1. The minimum Gasteiger partial charge on any atom is -0.307 e. The number of hydrogen-bond acceptors (Lipinski definition) is 0. The zero-order valence-corrected chi connectivity index (χ0v) is 19.7. The molecule has 8 rings (SSSR count). The lowest BCUT2D eigenvalue weighted by atomic mass is 9.82. The molecule has 0 saturated heterocycles. The molecular weight excluding hydrogens is 400 g/mol. The molecular formula is C31H29N2+. The SMILES string of the molecule is Cc1cc(C)c2c3c1c1ccccc1n3c1cc(C3CC4CCC3C4)cc3cc[n+](C)c2c31. The maximum Gasteiger partial charge on any atom is 0.224 e. The molecule has 2 saturated carbocycles. The van der Waals surface area contributed by atoms with E-state index in [2.05, 4.69) is 84.6 Å². The van der Waals surface area contributed by atoms with E-state index < -0.39 is 0 Å². The summed E-state index contributed by atoms with van der Waals surface area (Å²) in [6, 6.07) is 18.9. The van der Waals surface area contributed by atoms with Gasteiger partial charge < -0.3 is 4.40 Å². The van der Waals surface area contributed by atoms with Crippen molar-refractivity contribution in [2.24, 2.45) is 18.9 Å². The summed E-state index contributed by atoms with van der Waals surface area (Å²) in [7, 11) is 2.21. The molecule has 162 valence electrons. The molecule has 0 spiro atoms. The van der Waals surface area contributed by atoms with Gasteiger partial charge in [-0.15, -0.1) is 0 Å². The Hall–Kier alpha value is -3.13. The van der Waals surface area contributed by atoms with Crippen LogP contribution in [0.5, 0.6) is 0 Å². The summed E-state index contributed by atoms with van der Waals surface area (Å²) in [6.45, 7) is 4.57. The maximum absolute atomic E-state index is 2.60. The Labute approximate surface area is 193 Å². The van der Waals surface area contributed by atoms with Gasteiger partial charge in [0.05, 0.1) is 27.3 Å². The first-order valence-electron chi connectivity index (χ1n) is 12.6. The summed E-state index contributed by atoms with van der Waals surface area (Å²) in [5.41, 5.74) is 9.82. The predicted octanol–water partition coefficient (Wildman–Crippen LogP) is 7.33. The average Bonchev–Trinajstić information content (AvgIpc) is 3.53. The van der Waals surface area contributed by atoms with E-state index in [1.807, 2.05) is 0 Å². The molecule has 0 N–H and O–H groups in total. The van der Waals surface area contributed by atoms with Crippen LogP contribution in [0.25, 0.3) is 49.0 Å². The molecule has 3 unspecified atom stereocenters. The lowest BCUT2D eigenvalue weighted by Gasteiger charge is -2.23. The lowest BCUT2D eigenvalue weighted by molar-refractivity contribution is -0.643. The number of pyridine rings is 2. The zero-order chi connectivity index (χ0) is 22.0. The van der Waals surface area contributed by atoms with Gasteiger partial charge in [0.2, 0.25) is 5.52 Å². The molecule has 3 aromatic carbocycles. The lowest BCUT2D eigenvalue weighted by Crippen LogP contribution is -2.29. The van der Waals surface area contributed by atoms with Crippen LogP contribution in [0, 0.1) is 25.7 Å². The first-order valence-corrected chi connectivity index (χ1v) is 12.6. The van der Waals surface area contributed by atoms with Gasteiger partial charge in [-0.25, -0.2) is 4.57 Å². The Morgan fingerprint density at radius 3 is 2.52 bits per heavy atom. The van der Waals surface area contributed by atoms with Crippen LogP contribution in [0.1, 0.15) is 48.3 Å². The van der Waals surface area contributed by atoms with Crippen molar-refractivity contribution in [3.05, 3.63) is 71.4 Å². The highest BCUT2D eigenvalue weighted by Gasteiger charge is 2.40. The smallest absolute Gasteiger partial charge is 0.224 e. The van der Waals surface area contributed by atoms with Crippen molar-refractivity contribution in [2.45, 2.75) is 45.4 Å². The normalized spacial score (nSPS) is 22.8. The van der Waals surface area contributed by atoms with Gasteiger partial charge in [-0.1, -0.05) is 36.8 Å². The van der Waals surface area contributed by atoms with Crippen LogP contribution in [0.15, 0.2) is 54.7 Å². The molecule has 2 aliphatic rings. The number of benzene rings is 3. The minimum atomic E-state index is 0.736. The van der Waals surface area contributed by atoms with E-state index in [0.29, 0.717) is 0 Å². The second-order valence-corrected chi connectivity index (χ2v) is 11.0. The van der Waals surface area contributed by atoms with Crippen LogP contribution in [0.4, 0.5) is 0 Å². The summed E-state index contributed by atoms with van der Waals surface area (Å²) < 4.78 is 4.95. The second kappa shape index (κ2) is 6.05. The first kappa shape index (κ1) is 18.3. The van der Waals surface area contributed by atoms with Gasteiger partial charge in [0.25, 0.3) is 0 Å². The van der Waals surface area contributed by atoms with E-state index in [1.54, 1.807) is 5.56 Å². The molecule has 3 heterocycles. The Morgan fingerprint density at radius 2 is 1.70 bits per heavy atom. The number of aromatic nitrogens is 2. The Morgan fingerprint density at radius 1 is 0.848 bits per heavy atom. The maximum atomic E-state index is 2.60. The summed E-state index contributed by atoms with van der Waals surface area (Å²) >= 11 is 0. The molecule has 3 aromatic heterocycles. The van der Waals surface area contributed by atoms with Crippen LogP contribution < -0.4 is 4.57 Å². The molecule has 33 heavy (non-hydrogen) atoms. The van der Waals surface area contributed by atoms with Gasteiger partial charge in [0.1, 0.15) is 7.05 Å². The van der Waals surface area contributed by atoms with E-state index in [0.717, 1.165) is 17.8 Å². The van der Waals surface area contributed by atoms with Gasteiger partial charge in [-0.05, 0) is 85.1 Å². The fourth-order valence-electron chi connectivity index (χ4n) is 7.93. The third-order valence-corrected chi connectivity index (χ3v) is 9.21. The van der Waals surface area contributed by atoms with Crippen molar-refractivity contribution in [3.8, 4) is 0 Å². The van der Waals surface area contributed by atoms with E-state index in [9.17, 15) is 0 Å². The zero-order valence-electron chi connectivity index (χ0n) is 19.7.